The molecule has 1 amide bonds. The molecule has 1 N–H and O–H groups in total. The van der Waals surface area contributed by atoms with Gasteiger partial charge in [0.15, 0.2) is 0 Å². The summed E-state index contributed by atoms with van der Waals surface area (Å²) in [5.41, 5.74) is 2.18. The lowest BCUT2D eigenvalue weighted by molar-refractivity contribution is -0.119. The van der Waals surface area contributed by atoms with Crippen LogP contribution in [0.4, 0.5) is 0 Å². The van der Waals surface area contributed by atoms with Crippen LogP contribution in [0.3, 0.4) is 0 Å². The summed E-state index contributed by atoms with van der Waals surface area (Å²) >= 11 is 3.30. The Balaban J connectivity index is 1.34. The SMILES string of the molecule is CC(NC(=O)CSCc1nc2ccccc2s1)c1cccc2ccccc12. The van der Waals surface area contributed by atoms with E-state index in [1.807, 2.05) is 43.3 Å². The Morgan fingerprint density at radius 2 is 1.85 bits per heavy atom. The molecule has 3 nitrogen and oxygen atoms in total. The Bertz CT molecular complexity index is 1050. The Kier molecular flexibility index (Phi) is 5.41. The lowest BCUT2D eigenvalue weighted by atomic mass is 10.00. The van der Waals surface area contributed by atoms with Crippen LogP contribution in [0, 0.1) is 0 Å². The molecule has 136 valence electrons. The average molecular weight is 393 g/mol. The number of hydrogen-bond donors (Lipinski definition) is 1. The minimum absolute atomic E-state index is 0.0216. The van der Waals surface area contributed by atoms with Gasteiger partial charge in [0.25, 0.3) is 0 Å². The number of hydrogen-bond acceptors (Lipinski definition) is 4. The maximum absolute atomic E-state index is 12.4. The summed E-state index contributed by atoms with van der Waals surface area (Å²) in [6, 6.07) is 22.6. The second kappa shape index (κ2) is 8.11. The standard InChI is InChI=1S/C22H20N2OS2/c1-15(17-10-6-8-16-7-2-3-9-18(16)17)23-21(25)13-26-14-22-24-19-11-4-5-12-20(19)27-22/h2-12,15H,13-14H2,1H3,(H,23,25). The molecule has 0 aliphatic rings. The fourth-order valence-corrected chi connectivity index (χ4v) is 5.06. The van der Waals surface area contributed by atoms with E-state index >= 15 is 0 Å². The van der Waals surface area contributed by atoms with E-state index in [4.69, 9.17) is 0 Å². The molecular weight excluding hydrogens is 372 g/mol. The highest BCUT2D eigenvalue weighted by molar-refractivity contribution is 7.99. The molecule has 4 rings (SSSR count). The third-order valence-electron chi connectivity index (χ3n) is 4.46. The lowest BCUT2D eigenvalue weighted by Crippen LogP contribution is -2.28. The Labute approximate surface area is 166 Å². The van der Waals surface area contributed by atoms with Crippen molar-refractivity contribution in [3.63, 3.8) is 0 Å². The van der Waals surface area contributed by atoms with Gasteiger partial charge >= 0.3 is 0 Å². The van der Waals surface area contributed by atoms with Crippen LogP contribution in [0.15, 0.2) is 66.7 Å². The van der Waals surface area contributed by atoms with Crippen molar-refractivity contribution < 1.29 is 4.79 Å². The van der Waals surface area contributed by atoms with E-state index in [-0.39, 0.29) is 11.9 Å². The predicted octanol–water partition coefficient (Wildman–Crippen LogP) is 5.56. The fraction of sp³-hybridized carbons (Fsp3) is 0.182. The van der Waals surface area contributed by atoms with Crippen molar-refractivity contribution in [2.45, 2.75) is 18.7 Å². The van der Waals surface area contributed by atoms with Gasteiger partial charge in [-0.1, -0.05) is 54.6 Å². The number of thiazole rings is 1. The molecule has 0 aliphatic heterocycles. The number of thioether (sulfide) groups is 1. The highest BCUT2D eigenvalue weighted by atomic mass is 32.2. The molecular formula is C22H20N2OS2. The number of aromatic nitrogens is 1. The van der Waals surface area contributed by atoms with E-state index in [0.717, 1.165) is 21.8 Å². The normalized spacial score (nSPS) is 12.3. The Hall–Kier alpha value is -2.37. The smallest absolute Gasteiger partial charge is 0.230 e. The first-order valence-corrected chi connectivity index (χ1v) is 10.9. The third-order valence-corrected chi connectivity index (χ3v) is 6.63. The molecule has 1 atom stereocenters. The van der Waals surface area contributed by atoms with Crippen LogP contribution < -0.4 is 5.32 Å². The maximum Gasteiger partial charge on any atom is 0.230 e. The van der Waals surface area contributed by atoms with Gasteiger partial charge in [-0.3, -0.25) is 4.79 Å². The fourth-order valence-electron chi connectivity index (χ4n) is 3.20. The van der Waals surface area contributed by atoms with Crippen LogP contribution in [0.1, 0.15) is 23.5 Å². The van der Waals surface area contributed by atoms with Gasteiger partial charge in [0.05, 0.1) is 22.0 Å². The number of amides is 1. The Morgan fingerprint density at radius 1 is 1.07 bits per heavy atom. The molecule has 0 saturated heterocycles. The lowest BCUT2D eigenvalue weighted by Gasteiger charge is -2.16. The zero-order valence-corrected chi connectivity index (χ0v) is 16.6. The summed E-state index contributed by atoms with van der Waals surface area (Å²) in [6.45, 7) is 2.04. The molecule has 3 aromatic carbocycles. The second-order valence-corrected chi connectivity index (χ2v) is 8.53. The number of nitrogens with one attached hydrogen (secondary N) is 1. The summed E-state index contributed by atoms with van der Waals surface area (Å²) in [5, 5.41) is 6.58. The van der Waals surface area contributed by atoms with Crippen molar-refractivity contribution in [2.75, 3.05) is 5.75 Å². The molecule has 4 aromatic rings. The molecule has 27 heavy (non-hydrogen) atoms. The summed E-state index contributed by atoms with van der Waals surface area (Å²) in [4.78, 5) is 17.0. The van der Waals surface area contributed by atoms with Crippen LogP contribution in [-0.2, 0) is 10.5 Å². The molecule has 0 spiro atoms. The van der Waals surface area contributed by atoms with E-state index in [9.17, 15) is 4.79 Å². The molecule has 1 aromatic heterocycles. The van der Waals surface area contributed by atoms with Crippen molar-refractivity contribution in [1.29, 1.82) is 0 Å². The van der Waals surface area contributed by atoms with Crippen molar-refractivity contribution in [2.24, 2.45) is 0 Å². The van der Waals surface area contributed by atoms with Gasteiger partial charge in [-0.25, -0.2) is 4.98 Å². The van der Waals surface area contributed by atoms with Gasteiger partial charge in [0.1, 0.15) is 5.01 Å². The van der Waals surface area contributed by atoms with Crippen molar-refractivity contribution in [3.8, 4) is 0 Å². The highest BCUT2D eigenvalue weighted by Crippen LogP contribution is 2.26. The number of benzene rings is 3. The van der Waals surface area contributed by atoms with Crippen LogP contribution in [0.5, 0.6) is 0 Å². The largest absolute Gasteiger partial charge is 0.349 e. The van der Waals surface area contributed by atoms with Crippen molar-refractivity contribution in [1.82, 2.24) is 10.3 Å². The molecule has 5 heteroatoms. The first kappa shape index (κ1) is 18.0. The molecule has 0 bridgehead atoms. The molecule has 0 aliphatic carbocycles. The molecule has 0 saturated carbocycles. The first-order valence-electron chi connectivity index (χ1n) is 8.90. The number of nitrogens with zero attached hydrogens (tertiary/aromatic N) is 1. The summed E-state index contributed by atoms with van der Waals surface area (Å²) in [5.74, 6) is 1.25. The van der Waals surface area contributed by atoms with E-state index < -0.39 is 0 Å². The average Bonchev–Trinajstić information content (AvgIpc) is 3.10. The Morgan fingerprint density at radius 3 is 2.74 bits per heavy atom. The number of rotatable bonds is 6. The highest BCUT2D eigenvalue weighted by Gasteiger charge is 2.12. The van der Waals surface area contributed by atoms with E-state index in [1.54, 1.807) is 23.1 Å². The van der Waals surface area contributed by atoms with Crippen LogP contribution >= 0.6 is 23.1 Å². The molecule has 1 heterocycles. The van der Waals surface area contributed by atoms with Crippen molar-refractivity contribution in [3.05, 3.63) is 77.3 Å². The quantitative estimate of drug-likeness (QED) is 0.467. The van der Waals surface area contributed by atoms with Gasteiger partial charge in [-0.05, 0) is 35.4 Å². The minimum Gasteiger partial charge on any atom is -0.349 e. The van der Waals surface area contributed by atoms with E-state index in [2.05, 4.69) is 40.6 Å². The maximum atomic E-state index is 12.4. The second-order valence-electron chi connectivity index (χ2n) is 6.43. The monoisotopic (exact) mass is 392 g/mol. The van der Waals surface area contributed by atoms with Crippen LogP contribution in [0.2, 0.25) is 0 Å². The minimum atomic E-state index is -0.0216. The van der Waals surface area contributed by atoms with Crippen LogP contribution in [0.25, 0.3) is 21.0 Å². The predicted molar refractivity (Wildman–Crippen MR) is 116 cm³/mol. The van der Waals surface area contributed by atoms with Gasteiger partial charge in [-0.15, -0.1) is 23.1 Å². The van der Waals surface area contributed by atoms with Gasteiger partial charge in [0, 0.05) is 5.75 Å². The van der Waals surface area contributed by atoms with Gasteiger partial charge < -0.3 is 5.32 Å². The molecule has 0 fully saturated rings. The number of para-hydroxylation sites is 1. The summed E-state index contributed by atoms with van der Waals surface area (Å²) in [6.07, 6.45) is 0. The van der Waals surface area contributed by atoms with Crippen LogP contribution in [-0.4, -0.2) is 16.6 Å². The molecule has 1 unspecified atom stereocenters. The zero-order valence-electron chi connectivity index (χ0n) is 15.0. The summed E-state index contributed by atoms with van der Waals surface area (Å²) in [7, 11) is 0. The third kappa shape index (κ3) is 4.15. The molecule has 0 radical (unpaired) electrons. The van der Waals surface area contributed by atoms with E-state index in [0.29, 0.717) is 5.75 Å². The first-order chi connectivity index (χ1) is 13.2. The van der Waals surface area contributed by atoms with Crippen molar-refractivity contribution >= 4 is 50.0 Å². The number of carbonyl (C=O) groups excluding carboxylic acids is 1. The van der Waals surface area contributed by atoms with Gasteiger partial charge in [-0.2, -0.15) is 0 Å². The van der Waals surface area contributed by atoms with Gasteiger partial charge in [0.2, 0.25) is 5.91 Å². The number of carbonyl (C=O) groups is 1. The zero-order chi connectivity index (χ0) is 18.6. The number of fused-ring (bicyclic) bond motifs is 2. The topological polar surface area (TPSA) is 42.0 Å². The van der Waals surface area contributed by atoms with E-state index in [1.165, 1.54) is 15.5 Å². The summed E-state index contributed by atoms with van der Waals surface area (Å²) < 4.78 is 1.20.